The Balaban J connectivity index is 2.35. The first-order valence-corrected chi connectivity index (χ1v) is 7.22. The van der Waals surface area contributed by atoms with E-state index in [-0.39, 0.29) is 18.0 Å². The third kappa shape index (κ3) is 3.45. The van der Waals surface area contributed by atoms with Crippen LogP contribution in [0.25, 0.3) is 0 Å². The summed E-state index contributed by atoms with van der Waals surface area (Å²) in [6.07, 6.45) is 1.64. The second kappa shape index (κ2) is 6.59. The molecule has 0 spiro atoms. The molecular weight excluding hydrogens is 344 g/mol. The van der Waals surface area contributed by atoms with Gasteiger partial charge in [-0.05, 0) is 26.0 Å². The smallest absolute Gasteiger partial charge is 0.138 e. The number of nitrogens with zero attached hydrogens (tertiary/aromatic N) is 3. The van der Waals surface area contributed by atoms with Gasteiger partial charge in [-0.1, -0.05) is 15.9 Å². The van der Waals surface area contributed by atoms with Gasteiger partial charge in [-0.25, -0.2) is 18.4 Å². The molecule has 0 saturated heterocycles. The average molecular weight is 360 g/mol. The molecule has 0 bridgehead atoms. The predicted octanol–water partition coefficient (Wildman–Crippen LogP) is 2.65. The molecule has 3 N–H and O–H groups in total. The normalized spacial score (nSPS) is 12.9. The lowest BCUT2D eigenvalue weighted by molar-refractivity contribution is 0.440. The van der Waals surface area contributed by atoms with Gasteiger partial charge >= 0.3 is 0 Å². The third-order valence-corrected chi connectivity index (χ3v) is 3.57. The monoisotopic (exact) mass is 359 g/mol. The van der Waals surface area contributed by atoms with Gasteiger partial charge in [-0.15, -0.1) is 0 Å². The maximum atomic E-state index is 14.0. The van der Waals surface area contributed by atoms with Crippen molar-refractivity contribution in [1.82, 2.24) is 20.2 Å². The van der Waals surface area contributed by atoms with Crippen molar-refractivity contribution in [3.8, 4) is 0 Å². The quantitative estimate of drug-likeness (QED) is 0.636. The fourth-order valence-electron chi connectivity index (χ4n) is 2.16. The van der Waals surface area contributed by atoms with Crippen molar-refractivity contribution in [2.75, 3.05) is 0 Å². The Kier molecular flexibility index (Phi) is 5.02. The molecule has 2 aromatic rings. The van der Waals surface area contributed by atoms with Crippen molar-refractivity contribution in [3.05, 3.63) is 46.0 Å². The number of nitrogens with two attached hydrogens (primary N) is 1. The Morgan fingerprint density at radius 3 is 2.48 bits per heavy atom. The van der Waals surface area contributed by atoms with Crippen LogP contribution in [0.5, 0.6) is 0 Å². The molecule has 1 unspecified atom stereocenters. The van der Waals surface area contributed by atoms with Crippen LogP contribution in [-0.4, -0.2) is 14.8 Å². The standard InChI is InChI=1S/C13H16BrF2N5/c1-7(2)21-12(18-6-19-21)5-11(20-17)13-9(15)3-8(14)4-10(13)16/h3-4,6-7,11,20H,5,17H2,1-2H3. The fraction of sp³-hybridized carbons (Fsp3) is 0.385. The van der Waals surface area contributed by atoms with Gasteiger partial charge in [0.1, 0.15) is 23.8 Å². The van der Waals surface area contributed by atoms with Gasteiger partial charge in [0.15, 0.2) is 0 Å². The van der Waals surface area contributed by atoms with Gasteiger partial charge < -0.3 is 0 Å². The largest absolute Gasteiger partial charge is 0.271 e. The molecule has 1 atom stereocenters. The molecule has 0 aliphatic rings. The highest BCUT2D eigenvalue weighted by molar-refractivity contribution is 9.10. The van der Waals surface area contributed by atoms with Crippen LogP contribution >= 0.6 is 15.9 Å². The summed E-state index contributed by atoms with van der Waals surface area (Å²) in [7, 11) is 0. The zero-order valence-electron chi connectivity index (χ0n) is 11.6. The van der Waals surface area contributed by atoms with Gasteiger partial charge in [0.2, 0.25) is 0 Å². The molecule has 0 amide bonds. The highest BCUT2D eigenvalue weighted by atomic mass is 79.9. The van der Waals surface area contributed by atoms with Crippen molar-refractivity contribution in [3.63, 3.8) is 0 Å². The molecule has 21 heavy (non-hydrogen) atoms. The molecule has 8 heteroatoms. The molecule has 0 fully saturated rings. The van der Waals surface area contributed by atoms with Crippen molar-refractivity contribution in [2.24, 2.45) is 5.84 Å². The van der Waals surface area contributed by atoms with Crippen LogP contribution in [0.15, 0.2) is 22.9 Å². The number of benzene rings is 1. The van der Waals surface area contributed by atoms with Gasteiger partial charge in [0.05, 0.1) is 6.04 Å². The molecule has 2 rings (SSSR count). The summed E-state index contributed by atoms with van der Waals surface area (Å²) in [5.74, 6) is 4.74. The SMILES string of the molecule is CC(C)n1ncnc1CC(NN)c1c(F)cc(Br)cc1F. The Hall–Kier alpha value is -1.38. The van der Waals surface area contributed by atoms with Crippen LogP contribution in [0.2, 0.25) is 0 Å². The van der Waals surface area contributed by atoms with E-state index in [2.05, 4.69) is 31.4 Å². The lowest BCUT2D eigenvalue weighted by Gasteiger charge is -2.19. The van der Waals surface area contributed by atoms with Crippen LogP contribution in [0, 0.1) is 11.6 Å². The Bertz CT molecular complexity index is 606. The third-order valence-electron chi connectivity index (χ3n) is 3.12. The zero-order valence-corrected chi connectivity index (χ0v) is 13.2. The maximum absolute atomic E-state index is 14.0. The number of halogens is 3. The fourth-order valence-corrected chi connectivity index (χ4v) is 2.57. The summed E-state index contributed by atoms with van der Waals surface area (Å²) in [6.45, 7) is 3.90. The minimum Gasteiger partial charge on any atom is -0.271 e. The Morgan fingerprint density at radius 1 is 1.33 bits per heavy atom. The van der Waals surface area contributed by atoms with E-state index < -0.39 is 17.7 Å². The predicted molar refractivity (Wildman–Crippen MR) is 78.2 cm³/mol. The minimum atomic E-state index is -0.736. The van der Waals surface area contributed by atoms with E-state index in [0.717, 1.165) is 0 Å². The number of nitrogens with one attached hydrogen (secondary N) is 1. The van der Waals surface area contributed by atoms with Crippen molar-refractivity contribution in [1.29, 1.82) is 0 Å². The van der Waals surface area contributed by atoms with E-state index in [1.165, 1.54) is 18.5 Å². The second-order valence-corrected chi connectivity index (χ2v) is 5.84. The first-order chi connectivity index (χ1) is 9.93. The van der Waals surface area contributed by atoms with Crippen LogP contribution in [0.3, 0.4) is 0 Å². The number of rotatable bonds is 5. The summed E-state index contributed by atoms with van der Waals surface area (Å²) >= 11 is 3.05. The molecular formula is C13H16BrF2N5. The molecule has 0 radical (unpaired) electrons. The lowest BCUT2D eigenvalue weighted by atomic mass is 10.0. The number of hydrazine groups is 1. The molecule has 1 aromatic carbocycles. The highest BCUT2D eigenvalue weighted by Gasteiger charge is 2.23. The molecule has 0 saturated carbocycles. The van der Waals surface area contributed by atoms with Gasteiger partial charge in [0, 0.05) is 22.5 Å². The van der Waals surface area contributed by atoms with E-state index >= 15 is 0 Å². The van der Waals surface area contributed by atoms with Crippen molar-refractivity contribution >= 4 is 15.9 Å². The molecule has 114 valence electrons. The minimum absolute atomic E-state index is 0.0977. The summed E-state index contributed by atoms with van der Waals surface area (Å²) in [4.78, 5) is 4.13. The second-order valence-electron chi connectivity index (χ2n) is 4.92. The molecule has 1 aromatic heterocycles. The summed E-state index contributed by atoms with van der Waals surface area (Å²) in [6, 6.07) is 1.77. The van der Waals surface area contributed by atoms with E-state index in [4.69, 9.17) is 5.84 Å². The highest BCUT2D eigenvalue weighted by Crippen LogP contribution is 2.26. The Labute approximate surface area is 129 Å². The van der Waals surface area contributed by atoms with E-state index in [9.17, 15) is 8.78 Å². The molecule has 5 nitrogen and oxygen atoms in total. The van der Waals surface area contributed by atoms with Gasteiger partial charge in [-0.3, -0.25) is 11.3 Å². The first kappa shape index (κ1) is 16.0. The van der Waals surface area contributed by atoms with Crippen LogP contribution in [0.4, 0.5) is 8.78 Å². The first-order valence-electron chi connectivity index (χ1n) is 6.43. The summed E-state index contributed by atoms with van der Waals surface area (Å²) in [5.41, 5.74) is 2.34. The molecule has 0 aliphatic heterocycles. The van der Waals surface area contributed by atoms with E-state index in [1.54, 1.807) is 4.68 Å². The van der Waals surface area contributed by atoms with Gasteiger partial charge in [0.25, 0.3) is 0 Å². The molecule has 0 aliphatic carbocycles. The average Bonchev–Trinajstić information content (AvgIpc) is 2.84. The Morgan fingerprint density at radius 2 is 1.95 bits per heavy atom. The number of hydrogen-bond donors (Lipinski definition) is 2. The van der Waals surface area contributed by atoms with Gasteiger partial charge in [-0.2, -0.15) is 5.10 Å². The summed E-state index contributed by atoms with van der Waals surface area (Å²) < 4.78 is 30.1. The summed E-state index contributed by atoms with van der Waals surface area (Å²) in [5, 5.41) is 4.10. The zero-order chi connectivity index (χ0) is 15.6. The lowest BCUT2D eigenvalue weighted by Crippen LogP contribution is -2.32. The van der Waals surface area contributed by atoms with Crippen molar-refractivity contribution in [2.45, 2.75) is 32.4 Å². The number of aromatic nitrogens is 3. The van der Waals surface area contributed by atoms with E-state index in [0.29, 0.717) is 10.3 Å². The van der Waals surface area contributed by atoms with Crippen LogP contribution in [0.1, 0.15) is 37.3 Å². The maximum Gasteiger partial charge on any atom is 0.138 e. The van der Waals surface area contributed by atoms with Crippen LogP contribution in [-0.2, 0) is 6.42 Å². The molecule has 1 heterocycles. The van der Waals surface area contributed by atoms with E-state index in [1.807, 2.05) is 13.8 Å². The number of hydrogen-bond acceptors (Lipinski definition) is 4. The van der Waals surface area contributed by atoms with Crippen molar-refractivity contribution < 1.29 is 8.78 Å². The van der Waals surface area contributed by atoms with Crippen LogP contribution < -0.4 is 11.3 Å². The topological polar surface area (TPSA) is 68.8 Å².